The van der Waals surface area contributed by atoms with Gasteiger partial charge in [0, 0.05) is 25.9 Å². The number of fused-ring (bicyclic) bond motifs is 2. The van der Waals surface area contributed by atoms with Crippen molar-refractivity contribution in [3.05, 3.63) is 0 Å². The van der Waals surface area contributed by atoms with Crippen LogP contribution >= 0.6 is 0 Å². The van der Waals surface area contributed by atoms with E-state index in [1.54, 1.807) is 41.5 Å². The summed E-state index contributed by atoms with van der Waals surface area (Å²) in [6.07, 6.45) is -3.58. The van der Waals surface area contributed by atoms with Gasteiger partial charge in [-0.2, -0.15) is 0 Å². The molecule has 0 spiro atoms. The van der Waals surface area contributed by atoms with Crippen molar-refractivity contribution in [3.8, 4) is 0 Å². The fraction of sp³-hybridized carbons (Fsp3) is 0.707. The number of carboxylic acids is 2. The highest BCUT2D eigenvalue weighted by molar-refractivity contribution is 6.02. The third-order valence-electron chi connectivity index (χ3n) is 15.7. The normalized spacial score (nSPS) is 27.9. The Kier molecular flexibility index (Phi) is 31.3. The van der Waals surface area contributed by atoms with Crippen LogP contribution in [0.4, 0.5) is 0 Å². The number of amides is 15. The molecule has 12 atom stereocenters. The quantitative estimate of drug-likeness (QED) is 0.0724. The Morgan fingerprint density at radius 2 is 0.926 bits per heavy atom. The van der Waals surface area contributed by atoms with E-state index in [9.17, 15) is 107 Å². The summed E-state index contributed by atoms with van der Waals surface area (Å²) in [5, 5.41) is 78.5. The van der Waals surface area contributed by atoms with Gasteiger partial charge in [-0.3, -0.25) is 81.5 Å². The number of nitrogens with zero attached hydrogens (tertiary/aromatic N) is 2. The zero-order valence-corrected chi connectivity index (χ0v) is 54.6. The summed E-state index contributed by atoms with van der Waals surface area (Å²) in [6, 6.07) is -19.5. The lowest BCUT2D eigenvalue weighted by atomic mass is 9.98. The van der Waals surface area contributed by atoms with Gasteiger partial charge >= 0.3 is 11.9 Å². The van der Waals surface area contributed by atoms with Crippen LogP contribution in [0.25, 0.3) is 0 Å². The van der Waals surface area contributed by atoms with Crippen molar-refractivity contribution in [3.63, 3.8) is 0 Å². The molecule has 0 unspecified atom stereocenters. The van der Waals surface area contributed by atoms with Crippen molar-refractivity contribution in [1.29, 1.82) is 0 Å². The van der Waals surface area contributed by atoms with Gasteiger partial charge in [0.2, 0.25) is 88.6 Å². The summed E-state index contributed by atoms with van der Waals surface area (Å²) in [5.74, 6) is -20.7. The van der Waals surface area contributed by atoms with E-state index in [0.717, 1.165) is 30.6 Å². The van der Waals surface area contributed by atoms with Gasteiger partial charge in [-0.15, -0.1) is 0 Å². The van der Waals surface area contributed by atoms with Gasteiger partial charge in [-0.25, -0.2) is 0 Å². The van der Waals surface area contributed by atoms with E-state index >= 15 is 0 Å². The van der Waals surface area contributed by atoms with Gasteiger partial charge in [-0.1, -0.05) is 41.5 Å². The number of carbonyl (C=O) groups excluding carboxylic acids is 15. The topological polar surface area (TPSA) is 568 Å². The fourth-order valence-corrected chi connectivity index (χ4v) is 10.4. The lowest BCUT2D eigenvalue weighted by Gasteiger charge is -2.31. The van der Waals surface area contributed by atoms with Crippen LogP contribution in [-0.4, -0.2) is 253 Å². The standard InChI is InChI=1S/C58H93N15O22/c1-26(2)20-32-49(87)69-44(28(5)6)54(92)70-43(27(3)4)53(91)60-22-40(78)62-35(24-75)55(93)72-18-11-13-38(72)52(90)66-34(23-74)50(88)71-58(8,9)57(95)68-31(14-16-39(59)77)47(85)64-33(21-42(81)82)48(86)63-30(15-17-41(79)80)46(84)61-29(7)45(83)67-36(25-76)56(94)73-19-10-12-37(73)51(89)65-32/h26-38,43-44,74-76H,10-25H2,1-9H3,(H2,59,77)(H,60,91)(H,61,84)(H,62,78)(H,63,86)(H,64,85)(H,65,89)(H,66,90)(H,67,83)(H,68,95)(H,69,87)(H,70,92)(H,71,88)(H,79,80)(H,81,82)/t29-,30-,31-,32-,33-,34-,35-,36-,37-,38-,43-,44-/m0/s1. The zero-order chi connectivity index (χ0) is 71.9. The third-order valence-corrected chi connectivity index (χ3v) is 15.7. The van der Waals surface area contributed by atoms with Crippen molar-refractivity contribution in [2.75, 3.05) is 39.5 Å². The van der Waals surface area contributed by atoms with Crippen molar-refractivity contribution in [1.82, 2.24) is 73.6 Å². The number of nitrogens with two attached hydrogens (primary N) is 1. The van der Waals surface area contributed by atoms with Crippen LogP contribution < -0.4 is 69.5 Å². The van der Waals surface area contributed by atoms with Gasteiger partial charge in [0.15, 0.2) is 0 Å². The molecule has 3 aliphatic rings. The summed E-state index contributed by atoms with van der Waals surface area (Å²) in [5.41, 5.74) is 3.24. The van der Waals surface area contributed by atoms with E-state index in [0.29, 0.717) is 0 Å². The lowest BCUT2D eigenvalue weighted by molar-refractivity contribution is -0.143. The first kappa shape index (κ1) is 80.1. The number of primary amides is 1. The van der Waals surface area contributed by atoms with Crippen LogP contribution in [0.15, 0.2) is 0 Å². The minimum absolute atomic E-state index is 0.00451. The Labute approximate surface area is 547 Å². The maximum atomic E-state index is 14.2. The molecule has 15 amide bonds. The second kappa shape index (κ2) is 37.1. The Hall–Kier alpha value is -9.13. The fourth-order valence-electron chi connectivity index (χ4n) is 10.4. The number of carbonyl (C=O) groups is 17. The predicted molar refractivity (Wildman–Crippen MR) is 328 cm³/mol. The molecule has 3 rings (SSSR count). The van der Waals surface area contributed by atoms with Gasteiger partial charge in [-0.05, 0) is 83.5 Å². The molecular formula is C58H93N15O22. The van der Waals surface area contributed by atoms with E-state index in [4.69, 9.17) is 5.73 Å². The number of rotatable bonds is 15. The average molecular weight is 1350 g/mol. The first-order valence-corrected chi connectivity index (χ1v) is 31.2. The van der Waals surface area contributed by atoms with Crippen molar-refractivity contribution < 1.29 is 107 Å². The number of hydrogen-bond donors (Lipinski definition) is 18. The Morgan fingerprint density at radius 3 is 1.42 bits per heavy atom. The van der Waals surface area contributed by atoms with Gasteiger partial charge < -0.3 is 105 Å². The molecule has 3 heterocycles. The molecule has 37 nitrogen and oxygen atoms in total. The van der Waals surface area contributed by atoms with Crippen molar-refractivity contribution >= 4 is 101 Å². The lowest BCUT2D eigenvalue weighted by Crippen LogP contribution is -2.64. The summed E-state index contributed by atoms with van der Waals surface area (Å²) in [4.78, 5) is 232. The van der Waals surface area contributed by atoms with E-state index in [1.807, 2.05) is 0 Å². The molecule has 3 saturated heterocycles. The number of aliphatic hydroxyl groups excluding tert-OH is 3. The number of aliphatic hydroxyl groups is 3. The van der Waals surface area contributed by atoms with Crippen LogP contribution in [0.1, 0.15) is 127 Å². The van der Waals surface area contributed by atoms with Crippen molar-refractivity contribution in [2.24, 2.45) is 23.5 Å². The van der Waals surface area contributed by atoms with Gasteiger partial charge in [0.1, 0.15) is 78.0 Å². The first-order chi connectivity index (χ1) is 44.4. The Balaban J connectivity index is 2.09. The highest BCUT2D eigenvalue weighted by atomic mass is 16.4. The molecule has 0 bridgehead atoms. The molecular weight excluding hydrogens is 1260 g/mol. The van der Waals surface area contributed by atoms with Crippen LogP contribution in [0.5, 0.6) is 0 Å². The maximum absolute atomic E-state index is 14.2. The highest BCUT2D eigenvalue weighted by Gasteiger charge is 2.44. The smallest absolute Gasteiger partial charge is 0.305 e. The van der Waals surface area contributed by atoms with Crippen LogP contribution in [0.2, 0.25) is 0 Å². The van der Waals surface area contributed by atoms with Crippen LogP contribution in [0.3, 0.4) is 0 Å². The molecule has 532 valence electrons. The maximum Gasteiger partial charge on any atom is 0.305 e. The molecule has 0 aliphatic carbocycles. The molecule has 3 fully saturated rings. The van der Waals surface area contributed by atoms with Crippen LogP contribution in [0, 0.1) is 17.8 Å². The molecule has 0 saturated carbocycles. The molecule has 37 heteroatoms. The van der Waals surface area contributed by atoms with E-state index in [2.05, 4.69) is 63.8 Å². The first-order valence-electron chi connectivity index (χ1n) is 31.2. The number of aliphatic carboxylic acids is 2. The second-order valence-corrected chi connectivity index (χ2v) is 25.1. The summed E-state index contributed by atoms with van der Waals surface area (Å²) < 4.78 is 0. The SMILES string of the molecule is CC(C)C[C@@H]1NC(=O)[C@@H]2CCCN2C(=O)[C@H](CO)NC(=O)[C@H](C)NC(=O)[C@H](CCC(=O)O)NC(=O)[C@H](CC(=O)O)NC(=O)[C@H](CCC(N)=O)NC(=O)C(C)(C)NC(=O)[C@H](CO)NC(=O)[C@@H]2CCCN2C(=O)[C@H](CO)NC(=O)CNC(=O)[C@H](C(C)C)NC(=O)[C@H](C(C)C)NC1=O. The highest BCUT2D eigenvalue weighted by Crippen LogP contribution is 2.22. The third kappa shape index (κ3) is 24.3. The largest absolute Gasteiger partial charge is 0.481 e. The summed E-state index contributed by atoms with van der Waals surface area (Å²) in [6.45, 7) is 8.93. The summed E-state index contributed by atoms with van der Waals surface area (Å²) >= 11 is 0. The molecule has 0 aromatic heterocycles. The summed E-state index contributed by atoms with van der Waals surface area (Å²) in [7, 11) is 0. The zero-order valence-electron chi connectivity index (χ0n) is 54.6. The minimum Gasteiger partial charge on any atom is -0.481 e. The molecule has 0 aromatic carbocycles. The minimum atomic E-state index is -2.14. The number of nitrogens with one attached hydrogen (secondary N) is 12. The van der Waals surface area contributed by atoms with E-state index < -0.39 is 249 Å². The molecule has 95 heavy (non-hydrogen) atoms. The van der Waals surface area contributed by atoms with Crippen LogP contribution in [-0.2, 0) is 81.5 Å². The van der Waals surface area contributed by atoms with E-state index in [1.165, 1.54) is 0 Å². The van der Waals surface area contributed by atoms with Crippen molar-refractivity contribution in [2.45, 2.75) is 205 Å². The monoisotopic (exact) mass is 1350 g/mol. The molecule has 0 radical (unpaired) electrons. The average Bonchev–Trinajstić information content (AvgIpc) is 1.80. The molecule has 0 aromatic rings. The second-order valence-electron chi connectivity index (χ2n) is 25.1. The Bertz CT molecular complexity index is 2870. The van der Waals surface area contributed by atoms with E-state index in [-0.39, 0.29) is 51.1 Å². The number of carboxylic acid groups (broad SMARTS) is 2. The van der Waals surface area contributed by atoms with Gasteiger partial charge in [0.25, 0.3) is 0 Å². The Morgan fingerprint density at radius 1 is 0.495 bits per heavy atom. The molecule has 19 N–H and O–H groups in total. The predicted octanol–water partition coefficient (Wildman–Crippen LogP) is -8.20. The molecule has 3 aliphatic heterocycles. The number of hydrogen-bond acceptors (Lipinski definition) is 20. The van der Waals surface area contributed by atoms with Gasteiger partial charge in [0.05, 0.1) is 32.8 Å².